The molecule has 0 bridgehead atoms. The highest BCUT2D eigenvalue weighted by Gasteiger charge is 2.28. The molecular weight excluding hydrogens is 335 g/mol. The molecule has 2 rings (SSSR count). The standard InChI is InChI=1S/C18H18F3NO3/c1-13-4-2-3-5-16(13)24-11-17(23)22-10-14-6-8-15(9-7-14)25-12-18(19,20)21/h2-9H,10-12H2,1H3,(H,22,23). The molecule has 1 amide bonds. The van der Waals surface area contributed by atoms with Gasteiger partial charge in [0.2, 0.25) is 0 Å². The average Bonchev–Trinajstić information content (AvgIpc) is 2.57. The largest absolute Gasteiger partial charge is 0.484 e. The number of ether oxygens (including phenoxy) is 2. The summed E-state index contributed by atoms with van der Waals surface area (Å²) in [6.45, 7) is 0.683. The SMILES string of the molecule is Cc1ccccc1OCC(=O)NCc1ccc(OCC(F)(F)F)cc1. The van der Waals surface area contributed by atoms with Crippen molar-refractivity contribution in [3.63, 3.8) is 0 Å². The Morgan fingerprint density at radius 2 is 1.72 bits per heavy atom. The fraction of sp³-hybridized carbons (Fsp3) is 0.278. The topological polar surface area (TPSA) is 47.6 Å². The van der Waals surface area contributed by atoms with Crippen LogP contribution in [-0.4, -0.2) is 25.3 Å². The maximum Gasteiger partial charge on any atom is 0.422 e. The van der Waals surface area contributed by atoms with E-state index in [1.54, 1.807) is 18.2 Å². The third-order valence-electron chi connectivity index (χ3n) is 3.27. The lowest BCUT2D eigenvalue weighted by atomic mass is 10.2. The zero-order valence-corrected chi connectivity index (χ0v) is 13.6. The quantitative estimate of drug-likeness (QED) is 0.827. The molecule has 1 N–H and O–H groups in total. The summed E-state index contributed by atoms with van der Waals surface area (Å²) in [5, 5.41) is 2.68. The lowest BCUT2D eigenvalue weighted by Crippen LogP contribution is -2.28. The van der Waals surface area contributed by atoms with Gasteiger partial charge >= 0.3 is 6.18 Å². The van der Waals surface area contributed by atoms with E-state index in [0.29, 0.717) is 5.75 Å². The van der Waals surface area contributed by atoms with E-state index >= 15 is 0 Å². The summed E-state index contributed by atoms with van der Waals surface area (Å²) in [5.41, 5.74) is 1.67. The Hall–Kier alpha value is -2.70. The van der Waals surface area contributed by atoms with E-state index in [9.17, 15) is 18.0 Å². The minimum Gasteiger partial charge on any atom is -0.484 e. The summed E-state index contributed by atoms with van der Waals surface area (Å²) in [5.74, 6) is 0.472. The van der Waals surface area contributed by atoms with Crippen LogP contribution in [0.2, 0.25) is 0 Å². The predicted octanol–water partition coefficient (Wildman–Crippen LogP) is 3.63. The van der Waals surface area contributed by atoms with Crippen LogP contribution in [0.3, 0.4) is 0 Å². The minimum atomic E-state index is -4.37. The van der Waals surface area contributed by atoms with Crippen LogP contribution >= 0.6 is 0 Å². The second kappa shape index (κ2) is 8.41. The van der Waals surface area contributed by atoms with Gasteiger partial charge in [-0.2, -0.15) is 13.2 Å². The highest BCUT2D eigenvalue weighted by Crippen LogP contribution is 2.19. The molecule has 0 aliphatic heterocycles. The molecule has 7 heteroatoms. The van der Waals surface area contributed by atoms with Gasteiger partial charge in [-0.1, -0.05) is 30.3 Å². The van der Waals surface area contributed by atoms with Crippen LogP contribution in [-0.2, 0) is 11.3 Å². The molecule has 0 saturated heterocycles. The number of halogens is 3. The van der Waals surface area contributed by atoms with Crippen LogP contribution in [0.25, 0.3) is 0 Å². The zero-order chi connectivity index (χ0) is 18.3. The minimum absolute atomic E-state index is 0.113. The Balaban J connectivity index is 1.75. The Bertz CT molecular complexity index is 699. The van der Waals surface area contributed by atoms with Gasteiger partial charge in [0, 0.05) is 6.54 Å². The molecule has 0 saturated carbocycles. The van der Waals surface area contributed by atoms with Crippen molar-refractivity contribution in [2.45, 2.75) is 19.6 Å². The maximum absolute atomic E-state index is 12.1. The second-order valence-corrected chi connectivity index (χ2v) is 5.38. The number of aryl methyl sites for hydroxylation is 1. The van der Waals surface area contributed by atoms with Crippen LogP contribution in [0.4, 0.5) is 13.2 Å². The summed E-state index contributed by atoms with van der Waals surface area (Å²) in [6, 6.07) is 13.4. The van der Waals surface area contributed by atoms with Gasteiger partial charge in [-0.05, 0) is 36.2 Å². The van der Waals surface area contributed by atoms with E-state index in [4.69, 9.17) is 4.74 Å². The lowest BCUT2D eigenvalue weighted by molar-refractivity contribution is -0.153. The molecule has 2 aromatic rings. The lowest BCUT2D eigenvalue weighted by Gasteiger charge is -2.11. The van der Waals surface area contributed by atoms with E-state index < -0.39 is 12.8 Å². The number of amides is 1. The number of rotatable bonds is 7. The van der Waals surface area contributed by atoms with Gasteiger partial charge < -0.3 is 14.8 Å². The van der Waals surface area contributed by atoms with Gasteiger partial charge in [-0.3, -0.25) is 4.79 Å². The third kappa shape index (κ3) is 6.74. The normalized spacial score (nSPS) is 11.0. The summed E-state index contributed by atoms with van der Waals surface area (Å²) < 4.78 is 46.2. The molecule has 134 valence electrons. The second-order valence-electron chi connectivity index (χ2n) is 5.38. The number of para-hydroxylation sites is 1. The number of carbonyl (C=O) groups excluding carboxylic acids is 1. The van der Waals surface area contributed by atoms with Crippen molar-refractivity contribution < 1.29 is 27.4 Å². The van der Waals surface area contributed by atoms with Crippen molar-refractivity contribution in [2.75, 3.05) is 13.2 Å². The van der Waals surface area contributed by atoms with Crippen LogP contribution in [0.5, 0.6) is 11.5 Å². The first-order valence-corrected chi connectivity index (χ1v) is 7.57. The third-order valence-corrected chi connectivity index (χ3v) is 3.27. The summed E-state index contributed by atoms with van der Waals surface area (Å²) in [7, 11) is 0. The van der Waals surface area contributed by atoms with Crippen molar-refractivity contribution in [3.8, 4) is 11.5 Å². The van der Waals surface area contributed by atoms with Gasteiger partial charge in [-0.25, -0.2) is 0 Å². The molecule has 2 aromatic carbocycles. The van der Waals surface area contributed by atoms with Crippen LogP contribution in [0.1, 0.15) is 11.1 Å². The molecule has 4 nitrogen and oxygen atoms in total. The Kier molecular flexibility index (Phi) is 6.27. The molecule has 0 aromatic heterocycles. The predicted molar refractivity (Wildman–Crippen MR) is 86.5 cm³/mol. The zero-order valence-electron chi connectivity index (χ0n) is 13.6. The number of benzene rings is 2. The highest BCUT2D eigenvalue weighted by atomic mass is 19.4. The first-order chi connectivity index (χ1) is 11.8. The van der Waals surface area contributed by atoms with E-state index in [1.807, 2.05) is 25.1 Å². The number of nitrogens with one attached hydrogen (secondary N) is 1. The number of hydrogen-bond donors (Lipinski definition) is 1. The monoisotopic (exact) mass is 353 g/mol. The molecule has 0 atom stereocenters. The van der Waals surface area contributed by atoms with Crippen molar-refractivity contribution in [1.82, 2.24) is 5.32 Å². The number of alkyl halides is 3. The molecule has 0 unspecified atom stereocenters. The maximum atomic E-state index is 12.1. The van der Waals surface area contributed by atoms with Gasteiger partial charge in [0.05, 0.1) is 0 Å². The molecule has 0 fully saturated rings. The van der Waals surface area contributed by atoms with Crippen molar-refractivity contribution in [2.24, 2.45) is 0 Å². The number of carbonyl (C=O) groups is 1. The highest BCUT2D eigenvalue weighted by molar-refractivity contribution is 5.77. The molecule has 0 aliphatic carbocycles. The van der Waals surface area contributed by atoms with Crippen LogP contribution in [0, 0.1) is 6.92 Å². The fourth-order valence-electron chi connectivity index (χ4n) is 1.98. The van der Waals surface area contributed by atoms with Crippen molar-refractivity contribution >= 4 is 5.91 Å². The molecule has 25 heavy (non-hydrogen) atoms. The first kappa shape index (κ1) is 18.6. The average molecular weight is 353 g/mol. The number of hydrogen-bond acceptors (Lipinski definition) is 3. The van der Waals surface area contributed by atoms with E-state index in [1.165, 1.54) is 12.1 Å². The van der Waals surface area contributed by atoms with E-state index in [-0.39, 0.29) is 24.8 Å². The summed E-state index contributed by atoms with van der Waals surface area (Å²) >= 11 is 0. The van der Waals surface area contributed by atoms with Crippen molar-refractivity contribution in [3.05, 3.63) is 59.7 Å². The van der Waals surface area contributed by atoms with Crippen LogP contribution in [0.15, 0.2) is 48.5 Å². The van der Waals surface area contributed by atoms with Gasteiger partial charge in [0.15, 0.2) is 13.2 Å². The smallest absolute Gasteiger partial charge is 0.422 e. The summed E-state index contributed by atoms with van der Waals surface area (Å²) in [4.78, 5) is 11.8. The molecular formula is C18H18F3NO3. The van der Waals surface area contributed by atoms with Crippen molar-refractivity contribution in [1.29, 1.82) is 0 Å². The van der Waals surface area contributed by atoms with Gasteiger partial charge in [-0.15, -0.1) is 0 Å². The van der Waals surface area contributed by atoms with Gasteiger partial charge in [0.1, 0.15) is 11.5 Å². The Morgan fingerprint density at radius 1 is 1.04 bits per heavy atom. The molecule has 0 spiro atoms. The molecule has 0 heterocycles. The van der Waals surface area contributed by atoms with Crippen LogP contribution < -0.4 is 14.8 Å². The fourth-order valence-corrected chi connectivity index (χ4v) is 1.98. The Labute approximate surface area is 143 Å². The Morgan fingerprint density at radius 3 is 2.36 bits per heavy atom. The first-order valence-electron chi connectivity index (χ1n) is 7.57. The molecule has 0 aliphatic rings. The van der Waals surface area contributed by atoms with E-state index in [2.05, 4.69) is 10.1 Å². The van der Waals surface area contributed by atoms with E-state index in [0.717, 1.165) is 11.1 Å². The van der Waals surface area contributed by atoms with Gasteiger partial charge in [0.25, 0.3) is 5.91 Å². The summed E-state index contributed by atoms with van der Waals surface area (Å²) in [6.07, 6.45) is -4.37. The molecule has 0 radical (unpaired) electrons.